The van der Waals surface area contributed by atoms with Crippen molar-refractivity contribution in [3.63, 3.8) is 0 Å². The minimum Gasteiger partial charge on any atom is -0.497 e. The van der Waals surface area contributed by atoms with Crippen molar-refractivity contribution in [2.75, 3.05) is 12.4 Å². The molecule has 0 saturated heterocycles. The molecule has 0 radical (unpaired) electrons. The second-order valence-corrected chi connectivity index (χ2v) is 5.80. The molecule has 3 rings (SSSR count). The number of ether oxygens (including phenoxy) is 1. The van der Waals surface area contributed by atoms with Gasteiger partial charge in [-0.05, 0) is 42.7 Å². The van der Waals surface area contributed by atoms with Gasteiger partial charge in [-0.3, -0.25) is 10.1 Å². The van der Waals surface area contributed by atoms with E-state index in [-0.39, 0.29) is 5.91 Å². The van der Waals surface area contributed by atoms with E-state index < -0.39 is 0 Å². The molecule has 0 unspecified atom stereocenters. The molecule has 0 aliphatic carbocycles. The van der Waals surface area contributed by atoms with Gasteiger partial charge in [0, 0.05) is 22.5 Å². The van der Waals surface area contributed by atoms with Crippen molar-refractivity contribution in [3.8, 4) is 17.1 Å². The van der Waals surface area contributed by atoms with Gasteiger partial charge in [0.1, 0.15) is 5.75 Å². The van der Waals surface area contributed by atoms with Crippen LogP contribution in [-0.2, 0) is 0 Å². The van der Waals surface area contributed by atoms with E-state index in [2.05, 4.69) is 19.0 Å². The second-order valence-electron chi connectivity index (χ2n) is 4.42. The van der Waals surface area contributed by atoms with E-state index in [0.29, 0.717) is 22.2 Å². The van der Waals surface area contributed by atoms with Crippen LogP contribution in [0.25, 0.3) is 11.4 Å². The zero-order valence-electron chi connectivity index (χ0n) is 11.9. The molecule has 1 amide bonds. The molecular formula is C14H12N4O2S2. The average Bonchev–Trinajstić information content (AvgIpc) is 3.16. The van der Waals surface area contributed by atoms with Crippen LogP contribution < -0.4 is 10.1 Å². The van der Waals surface area contributed by atoms with E-state index in [0.717, 1.165) is 22.8 Å². The number of aryl methyl sites for hydroxylation is 1. The van der Waals surface area contributed by atoms with Crippen LogP contribution in [0.2, 0.25) is 0 Å². The maximum atomic E-state index is 12.1. The van der Waals surface area contributed by atoms with E-state index in [1.807, 2.05) is 24.3 Å². The Kier molecular flexibility index (Phi) is 4.12. The number of hydrogen-bond donors (Lipinski definition) is 1. The molecule has 0 fully saturated rings. The molecule has 2 aromatic heterocycles. The van der Waals surface area contributed by atoms with Crippen LogP contribution in [0.3, 0.4) is 0 Å². The molecule has 8 heteroatoms. The molecule has 0 atom stereocenters. The highest BCUT2D eigenvalue weighted by Crippen LogP contribution is 2.24. The summed E-state index contributed by atoms with van der Waals surface area (Å²) < 4.78 is 13.5. The number of nitrogens with one attached hydrogen (secondary N) is 1. The van der Waals surface area contributed by atoms with Crippen molar-refractivity contribution in [2.45, 2.75) is 6.92 Å². The summed E-state index contributed by atoms with van der Waals surface area (Å²) in [7, 11) is 1.62. The summed E-state index contributed by atoms with van der Waals surface area (Å²) in [6, 6.07) is 7.43. The average molecular weight is 332 g/mol. The minimum absolute atomic E-state index is 0.219. The topological polar surface area (TPSA) is 77.0 Å². The van der Waals surface area contributed by atoms with E-state index in [9.17, 15) is 4.79 Å². The highest BCUT2D eigenvalue weighted by Gasteiger charge is 2.14. The van der Waals surface area contributed by atoms with Gasteiger partial charge in [0.25, 0.3) is 5.91 Å². The van der Waals surface area contributed by atoms with Crippen LogP contribution in [-0.4, -0.2) is 26.7 Å². The van der Waals surface area contributed by atoms with Crippen LogP contribution in [0.1, 0.15) is 16.1 Å². The fraction of sp³-hybridized carbons (Fsp3) is 0.143. The molecule has 0 aliphatic rings. The third-order valence-electron chi connectivity index (χ3n) is 2.99. The third-order valence-corrected chi connectivity index (χ3v) is 4.34. The molecule has 6 nitrogen and oxygen atoms in total. The molecular weight excluding hydrogens is 320 g/mol. The van der Waals surface area contributed by atoms with Gasteiger partial charge in [0.2, 0.25) is 5.13 Å². The van der Waals surface area contributed by atoms with Crippen molar-refractivity contribution < 1.29 is 9.53 Å². The van der Waals surface area contributed by atoms with Gasteiger partial charge in [-0.15, -0.1) is 0 Å². The molecule has 0 bridgehead atoms. The molecule has 3 aromatic rings. The Bertz CT molecular complexity index is 795. The molecule has 112 valence electrons. The lowest BCUT2D eigenvalue weighted by molar-refractivity contribution is 0.102. The smallest absolute Gasteiger partial charge is 0.260 e. The Labute approximate surface area is 135 Å². The van der Waals surface area contributed by atoms with Gasteiger partial charge in [-0.1, -0.05) is 0 Å². The predicted molar refractivity (Wildman–Crippen MR) is 86.7 cm³/mol. The summed E-state index contributed by atoms with van der Waals surface area (Å²) in [5, 5.41) is 4.92. The minimum atomic E-state index is -0.219. The van der Waals surface area contributed by atoms with Crippen LogP contribution in [0.15, 0.2) is 29.6 Å². The van der Waals surface area contributed by atoms with Crippen molar-refractivity contribution in [1.29, 1.82) is 0 Å². The van der Waals surface area contributed by atoms with Crippen molar-refractivity contribution in [3.05, 3.63) is 40.9 Å². The monoisotopic (exact) mass is 332 g/mol. The van der Waals surface area contributed by atoms with Gasteiger partial charge in [0.15, 0.2) is 5.82 Å². The fourth-order valence-corrected chi connectivity index (χ4v) is 3.08. The molecule has 0 aliphatic heterocycles. The van der Waals surface area contributed by atoms with Crippen molar-refractivity contribution >= 4 is 34.1 Å². The third kappa shape index (κ3) is 2.97. The second kappa shape index (κ2) is 6.20. The molecule has 0 spiro atoms. The van der Waals surface area contributed by atoms with Gasteiger partial charge in [0.05, 0.1) is 18.4 Å². The lowest BCUT2D eigenvalue weighted by Crippen LogP contribution is -2.12. The Morgan fingerprint density at radius 1 is 1.23 bits per heavy atom. The Morgan fingerprint density at radius 2 is 2.00 bits per heavy atom. The number of methoxy groups -OCH3 is 1. The first-order valence-electron chi connectivity index (χ1n) is 6.38. The van der Waals surface area contributed by atoms with Crippen molar-refractivity contribution in [2.24, 2.45) is 0 Å². The SMILES string of the molecule is COc1ccc(-c2nsc(NC(=O)c3csnc3C)n2)cc1. The molecule has 1 N–H and O–H groups in total. The highest BCUT2D eigenvalue weighted by molar-refractivity contribution is 7.10. The maximum Gasteiger partial charge on any atom is 0.260 e. The van der Waals surface area contributed by atoms with E-state index >= 15 is 0 Å². The predicted octanol–water partition coefficient (Wildman–Crippen LogP) is 3.23. The number of carbonyl (C=O) groups excluding carboxylic acids is 1. The summed E-state index contributed by atoms with van der Waals surface area (Å²) >= 11 is 2.40. The van der Waals surface area contributed by atoms with Gasteiger partial charge in [-0.25, -0.2) is 0 Å². The van der Waals surface area contributed by atoms with Crippen LogP contribution >= 0.6 is 23.1 Å². The standard InChI is InChI=1S/C14H12N4O2S2/c1-8-11(7-21-17-8)13(19)16-14-15-12(18-22-14)9-3-5-10(20-2)6-4-9/h3-7H,1-2H3,(H,15,16,18,19). The number of benzene rings is 1. The first-order chi connectivity index (χ1) is 10.7. The number of amides is 1. The summed E-state index contributed by atoms with van der Waals surface area (Å²) in [6.07, 6.45) is 0. The largest absolute Gasteiger partial charge is 0.497 e. The molecule has 2 heterocycles. The molecule has 1 aromatic carbocycles. The number of anilines is 1. The van der Waals surface area contributed by atoms with Gasteiger partial charge in [-0.2, -0.15) is 13.7 Å². The van der Waals surface area contributed by atoms with Crippen LogP contribution in [0.5, 0.6) is 5.75 Å². The summed E-state index contributed by atoms with van der Waals surface area (Å²) in [5.41, 5.74) is 2.14. The Hall–Kier alpha value is -2.32. The van der Waals surface area contributed by atoms with E-state index in [4.69, 9.17) is 4.74 Å². The summed E-state index contributed by atoms with van der Waals surface area (Å²) in [5.74, 6) is 1.12. The van der Waals surface area contributed by atoms with E-state index in [1.165, 1.54) is 11.5 Å². The molecule has 22 heavy (non-hydrogen) atoms. The van der Waals surface area contributed by atoms with Crippen LogP contribution in [0.4, 0.5) is 5.13 Å². The lowest BCUT2D eigenvalue weighted by Gasteiger charge is -2.00. The Balaban J connectivity index is 1.76. The number of aromatic nitrogens is 3. The van der Waals surface area contributed by atoms with Crippen LogP contribution in [0, 0.1) is 6.92 Å². The van der Waals surface area contributed by atoms with Crippen molar-refractivity contribution in [1.82, 2.24) is 13.7 Å². The highest BCUT2D eigenvalue weighted by atomic mass is 32.1. The number of nitrogens with zero attached hydrogens (tertiary/aromatic N) is 3. The Morgan fingerprint density at radius 3 is 2.64 bits per heavy atom. The molecule has 0 saturated carbocycles. The first kappa shape index (κ1) is 14.6. The lowest BCUT2D eigenvalue weighted by atomic mass is 10.2. The normalized spacial score (nSPS) is 10.5. The summed E-state index contributed by atoms with van der Waals surface area (Å²) in [4.78, 5) is 16.4. The van der Waals surface area contributed by atoms with Gasteiger partial charge >= 0.3 is 0 Å². The number of hydrogen-bond acceptors (Lipinski definition) is 7. The van der Waals surface area contributed by atoms with Gasteiger partial charge < -0.3 is 4.74 Å². The zero-order chi connectivity index (χ0) is 15.5. The van der Waals surface area contributed by atoms with E-state index in [1.54, 1.807) is 19.4 Å². The zero-order valence-corrected chi connectivity index (χ0v) is 13.5. The first-order valence-corrected chi connectivity index (χ1v) is 7.99. The fourth-order valence-electron chi connectivity index (χ4n) is 1.81. The quantitative estimate of drug-likeness (QED) is 0.794. The number of carbonyl (C=O) groups is 1. The number of rotatable bonds is 4. The summed E-state index contributed by atoms with van der Waals surface area (Å²) in [6.45, 7) is 1.80. The maximum absolute atomic E-state index is 12.1.